The highest BCUT2D eigenvalue weighted by atomic mass is 19.2. The first-order chi connectivity index (χ1) is 15.7. The largest absolute Gasteiger partial charge is 0.203 e. The molecule has 0 saturated carbocycles. The second kappa shape index (κ2) is 8.31. The van der Waals surface area contributed by atoms with E-state index >= 15 is 0 Å². The fourth-order valence-electron chi connectivity index (χ4n) is 3.47. The molecular weight excluding hydrogens is 517 g/mol. The Morgan fingerprint density at radius 1 is 0.200 bits per heavy atom. The number of fused-ring (bicyclic) bond motifs is 2. The summed E-state index contributed by atoms with van der Waals surface area (Å²) in [5, 5.41) is -8.93. The SMILES string of the molecule is Fc1c(F)c(F)c2c(-c3c(F)c(F)c(F)c4c(F)c(F)c(F)c(F)c34)c(F)c(F)c(F)c2c1F.[B]. The van der Waals surface area contributed by atoms with Crippen LogP contribution in [0.1, 0.15) is 0 Å². The molecular formula is C20BF14. The van der Waals surface area contributed by atoms with Gasteiger partial charge in [-0.2, -0.15) is 0 Å². The highest BCUT2D eigenvalue weighted by Crippen LogP contribution is 2.46. The molecule has 35 heavy (non-hydrogen) atoms. The summed E-state index contributed by atoms with van der Waals surface area (Å²) in [5.74, 6) is -39.0. The summed E-state index contributed by atoms with van der Waals surface area (Å²) in [5.41, 5.74) is -4.65. The van der Waals surface area contributed by atoms with E-state index in [9.17, 15) is 61.5 Å². The van der Waals surface area contributed by atoms with Crippen molar-refractivity contribution in [1.82, 2.24) is 0 Å². The van der Waals surface area contributed by atoms with Crippen LogP contribution in [0, 0.1) is 81.4 Å². The molecule has 0 aromatic heterocycles. The fourth-order valence-corrected chi connectivity index (χ4v) is 3.47. The Morgan fingerprint density at radius 3 is 0.600 bits per heavy atom. The molecule has 0 N–H and O–H groups in total. The minimum atomic E-state index is -2.87. The number of hydrogen-bond donors (Lipinski definition) is 0. The molecule has 4 aromatic rings. The van der Waals surface area contributed by atoms with Gasteiger partial charge in [-0.25, -0.2) is 61.5 Å². The first kappa shape index (κ1) is 26.1. The van der Waals surface area contributed by atoms with E-state index in [1.807, 2.05) is 0 Å². The maximum atomic E-state index is 14.7. The van der Waals surface area contributed by atoms with Gasteiger partial charge in [0.1, 0.15) is 0 Å². The zero-order chi connectivity index (χ0) is 25.5. The van der Waals surface area contributed by atoms with Crippen LogP contribution < -0.4 is 0 Å². The summed E-state index contributed by atoms with van der Waals surface area (Å²) < 4.78 is 198. The maximum Gasteiger partial charge on any atom is 0.198 e. The average Bonchev–Trinajstić information content (AvgIpc) is 2.80. The van der Waals surface area contributed by atoms with Crippen LogP contribution in [-0.4, -0.2) is 8.41 Å². The second-order valence-corrected chi connectivity index (χ2v) is 6.65. The predicted octanol–water partition coefficient (Wildman–Crippen LogP) is 7.23. The molecule has 181 valence electrons. The molecule has 4 rings (SSSR count). The molecule has 0 spiro atoms. The summed E-state index contributed by atoms with van der Waals surface area (Å²) in [6.07, 6.45) is 0. The Balaban J connectivity index is 0.00000342. The molecule has 0 aliphatic carbocycles. The van der Waals surface area contributed by atoms with Crippen molar-refractivity contribution in [1.29, 1.82) is 0 Å². The number of hydrogen-bond acceptors (Lipinski definition) is 0. The zero-order valence-electron chi connectivity index (χ0n) is 15.9. The van der Waals surface area contributed by atoms with Gasteiger partial charge in [-0.3, -0.25) is 0 Å². The fraction of sp³-hybridized carbons (Fsp3) is 0. The van der Waals surface area contributed by atoms with Gasteiger partial charge in [-0.15, -0.1) is 0 Å². The smallest absolute Gasteiger partial charge is 0.198 e. The topological polar surface area (TPSA) is 0 Å². The Labute approximate surface area is 184 Å². The van der Waals surface area contributed by atoms with Gasteiger partial charge in [0.2, 0.25) is 0 Å². The van der Waals surface area contributed by atoms with Crippen LogP contribution in [0.2, 0.25) is 0 Å². The van der Waals surface area contributed by atoms with Gasteiger partial charge in [-0.1, -0.05) is 0 Å². The first-order valence-corrected chi connectivity index (χ1v) is 8.40. The van der Waals surface area contributed by atoms with Crippen molar-refractivity contribution in [2.45, 2.75) is 0 Å². The van der Waals surface area contributed by atoms with Gasteiger partial charge in [0.25, 0.3) is 0 Å². The van der Waals surface area contributed by atoms with Crippen LogP contribution in [0.5, 0.6) is 0 Å². The van der Waals surface area contributed by atoms with Gasteiger partial charge >= 0.3 is 0 Å². The minimum Gasteiger partial charge on any atom is -0.203 e. The van der Waals surface area contributed by atoms with E-state index in [2.05, 4.69) is 0 Å². The summed E-state index contributed by atoms with van der Waals surface area (Å²) in [7, 11) is 0. The molecule has 3 radical (unpaired) electrons. The van der Waals surface area contributed by atoms with Crippen molar-refractivity contribution < 1.29 is 61.5 Å². The van der Waals surface area contributed by atoms with Crippen molar-refractivity contribution in [2.24, 2.45) is 0 Å². The van der Waals surface area contributed by atoms with E-state index in [1.165, 1.54) is 0 Å². The molecule has 0 aliphatic rings. The second-order valence-electron chi connectivity index (χ2n) is 6.65. The van der Waals surface area contributed by atoms with Crippen LogP contribution in [-0.2, 0) is 0 Å². The van der Waals surface area contributed by atoms with Gasteiger partial charge in [0.15, 0.2) is 81.4 Å². The quantitative estimate of drug-likeness (QED) is 0.108. The van der Waals surface area contributed by atoms with Gasteiger partial charge in [0, 0.05) is 30.3 Å². The molecule has 0 aliphatic heterocycles. The highest BCUT2D eigenvalue weighted by molar-refractivity contribution is 6.07. The van der Waals surface area contributed by atoms with Crippen LogP contribution in [0.15, 0.2) is 0 Å². The molecule has 0 bridgehead atoms. The van der Waals surface area contributed by atoms with Crippen LogP contribution in [0.3, 0.4) is 0 Å². The van der Waals surface area contributed by atoms with Crippen molar-refractivity contribution in [3.63, 3.8) is 0 Å². The third-order valence-electron chi connectivity index (χ3n) is 4.93. The minimum absolute atomic E-state index is 0. The first-order valence-electron chi connectivity index (χ1n) is 8.40. The lowest BCUT2D eigenvalue weighted by Gasteiger charge is -2.17. The lowest BCUT2D eigenvalue weighted by molar-refractivity contribution is 0.409. The van der Waals surface area contributed by atoms with E-state index in [4.69, 9.17) is 0 Å². The molecule has 4 aromatic carbocycles. The van der Waals surface area contributed by atoms with Gasteiger partial charge in [0.05, 0.1) is 10.8 Å². The van der Waals surface area contributed by atoms with Crippen molar-refractivity contribution in [2.75, 3.05) is 0 Å². The third kappa shape index (κ3) is 3.16. The number of benzene rings is 4. The molecule has 0 fully saturated rings. The van der Waals surface area contributed by atoms with Gasteiger partial charge < -0.3 is 0 Å². The van der Waals surface area contributed by atoms with E-state index in [0.29, 0.717) is 0 Å². The lowest BCUT2D eigenvalue weighted by atomic mass is 9.90. The van der Waals surface area contributed by atoms with E-state index in [1.54, 1.807) is 0 Å². The average molecular weight is 517 g/mol. The summed E-state index contributed by atoms with van der Waals surface area (Å²) in [6, 6.07) is 0. The Bertz CT molecular complexity index is 1460. The molecule has 0 atom stereocenters. The molecule has 0 amide bonds. The molecule has 0 heterocycles. The third-order valence-corrected chi connectivity index (χ3v) is 4.93. The van der Waals surface area contributed by atoms with Crippen molar-refractivity contribution in [3.05, 3.63) is 81.4 Å². The van der Waals surface area contributed by atoms with E-state index < -0.39 is 114 Å². The van der Waals surface area contributed by atoms with E-state index in [0.717, 1.165) is 0 Å². The number of halogens is 14. The van der Waals surface area contributed by atoms with Crippen LogP contribution >= 0.6 is 0 Å². The van der Waals surface area contributed by atoms with Gasteiger partial charge in [-0.05, 0) is 0 Å². The zero-order valence-corrected chi connectivity index (χ0v) is 15.9. The van der Waals surface area contributed by atoms with Crippen molar-refractivity contribution >= 4 is 30.0 Å². The standard InChI is InChI=1S/C20F14.B/c21-7-1(3-5(11(25)15(7)29)13(27)19(33)17(31)9(3)23)2-4-6(12(26)16(30)8(2)22)14(28)20(34)18(32)10(4)24;. The Morgan fingerprint density at radius 2 is 0.371 bits per heavy atom. The normalized spacial score (nSPS) is 11.5. The summed E-state index contributed by atoms with van der Waals surface area (Å²) in [6.45, 7) is 0. The maximum absolute atomic E-state index is 14.7. The predicted molar refractivity (Wildman–Crippen MR) is 92.1 cm³/mol. The van der Waals surface area contributed by atoms with Crippen molar-refractivity contribution in [3.8, 4) is 11.1 Å². The molecule has 0 saturated heterocycles. The molecule has 15 heteroatoms. The highest BCUT2D eigenvalue weighted by Gasteiger charge is 2.37. The Kier molecular flexibility index (Phi) is 6.19. The van der Waals surface area contributed by atoms with Crippen LogP contribution in [0.25, 0.3) is 32.7 Å². The number of rotatable bonds is 1. The Hall–Kier alpha value is -3.52. The summed E-state index contributed by atoms with van der Waals surface area (Å²) >= 11 is 0. The lowest BCUT2D eigenvalue weighted by Crippen LogP contribution is -2.10. The molecule has 0 nitrogen and oxygen atoms in total. The van der Waals surface area contributed by atoms with E-state index in [-0.39, 0.29) is 8.41 Å². The van der Waals surface area contributed by atoms with Crippen LogP contribution in [0.4, 0.5) is 61.5 Å². The molecule has 0 unspecified atom stereocenters. The monoisotopic (exact) mass is 517 g/mol. The summed E-state index contributed by atoms with van der Waals surface area (Å²) in [4.78, 5) is 0.